The number of hydrogen-bond donors (Lipinski definition) is 3. The molecule has 0 aromatic heterocycles. The monoisotopic (exact) mass is 166 g/mol. The first-order chi connectivity index (χ1) is 5.65. The molecule has 1 rings (SSSR count). The largest absolute Gasteiger partial charge is 0.508 e. The Kier molecular flexibility index (Phi) is 2.19. The molecule has 0 aliphatic carbocycles. The molecule has 12 heavy (non-hydrogen) atoms. The van der Waals surface area contributed by atoms with Crippen molar-refractivity contribution < 1.29 is 9.84 Å². The summed E-state index contributed by atoms with van der Waals surface area (Å²) in [5.74, 6) is 0.0180. The summed E-state index contributed by atoms with van der Waals surface area (Å²) in [7, 11) is 1.38. The Hall–Kier alpha value is -1.71. The first-order valence-corrected chi connectivity index (χ1v) is 3.36. The fourth-order valence-electron chi connectivity index (χ4n) is 0.851. The lowest BCUT2D eigenvalue weighted by molar-refractivity contribution is 0.400. The number of nitrogens with one attached hydrogen (secondary N) is 1. The Morgan fingerprint density at radius 3 is 2.83 bits per heavy atom. The second kappa shape index (κ2) is 3.13. The van der Waals surface area contributed by atoms with E-state index in [-0.39, 0.29) is 11.6 Å². The zero-order valence-corrected chi connectivity index (χ0v) is 6.66. The average Bonchev–Trinajstić information content (AvgIpc) is 2.08. The number of rotatable bonds is 1. The van der Waals surface area contributed by atoms with E-state index in [1.807, 2.05) is 0 Å². The van der Waals surface area contributed by atoms with Gasteiger partial charge < -0.3 is 15.6 Å². The van der Waals surface area contributed by atoms with Gasteiger partial charge in [0, 0.05) is 5.69 Å². The minimum Gasteiger partial charge on any atom is -0.508 e. The molecule has 0 bridgehead atoms. The van der Waals surface area contributed by atoms with Crippen LogP contribution in [0.1, 0.15) is 5.56 Å². The lowest BCUT2D eigenvalue weighted by atomic mass is 10.1. The third-order valence-corrected chi connectivity index (χ3v) is 1.49. The first-order valence-electron chi connectivity index (χ1n) is 3.36. The van der Waals surface area contributed by atoms with Gasteiger partial charge in [-0.15, -0.1) is 0 Å². The smallest absolute Gasteiger partial charge is 0.215 e. The van der Waals surface area contributed by atoms with Gasteiger partial charge >= 0.3 is 0 Å². The number of phenolic OH excluding ortho intramolecular Hbond substituents is 1. The Balaban J connectivity index is 3.13. The second-order valence-corrected chi connectivity index (χ2v) is 2.30. The summed E-state index contributed by atoms with van der Waals surface area (Å²) < 4.78 is 4.66. The number of phenols is 1. The second-order valence-electron chi connectivity index (χ2n) is 2.30. The summed E-state index contributed by atoms with van der Waals surface area (Å²) in [5.41, 5.74) is 6.35. The molecule has 1 aromatic carbocycles. The van der Waals surface area contributed by atoms with Crippen molar-refractivity contribution in [2.24, 2.45) is 0 Å². The van der Waals surface area contributed by atoms with Gasteiger partial charge in [-0.3, -0.25) is 5.41 Å². The summed E-state index contributed by atoms with van der Waals surface area (Å²) in [6.07, 6.45) is 0. The van der Waals surface area contributed by atoms with Crippen LogP contribution in [0.15, 0.2) is 18.2 Å². The van der Waals surface area contributed by atoms with Gasteiger partial charge in [0.15, 0.2) is 0 Å². The van der Waals surface area contributed by atoms with Crippen molar-refractivity contribution in [3.05, 3.63) is 23.8 Å². The van der Waals surface area contributed by atoms with E-state index in [1.54, 1.807) is 0 Å². The molecule has 64 valence electrons. The van der Waals surface area contributed by atoms with Crippen LogP contribution in [0.3, 0.4) is 0 Å². The molecule has 0 saturated heterocycles. The molecule has 0 atom stereocenters. The molecule has 0 aliphatic rings. The van der Waals surface area contributed by atoms with Crippen molar-refractivity contribution in [3.8, 4) is 5.75 Å². The van der Waals surface area contributed by atoms with Crippen molar-refractivity contribution in [3.63, 3.8) is 0 Å². The molecule has 4 heteroatoms. The zero-order valence-electron chi connectivity index (χ0n) is 6.66. The van der Waals surface area contributed by atoms with Crippen molar-refractivity contribution in [1.82, 2.24) is 0 Å². The number of aromatic hydroxyl groups is 1. The minimum absolute atomic E-state index is 0.0524. The number of ether oxygens (including phenoxy) is 1. The van der Waals surface area contributed by atoms with Gasteiger partial charge in [-0.05, 0) is 18.2 Å². The maximum absolute atomic E-state index is 9.07. The van der Waals surface area contributed by atoms with Crippen molar-refractivity contribution in [2.45, 2.75) is 0 Å². The van der Waals surface area contributed by atoms with Gasteiger partial charge in [0.2, 0.25) is 5.90 Å². The third kappa shape index (κ3) is 1.47. The molecular weight excluding hydrogens is 156 g/mol. The van der Waals surface area contributed by atoms with E-state index in [0.717, 1.165) is 0 Å². The summed E-state index contributed by atoms with van der Waals surface area (Å²) in [6, 6.07) is 4.38. The van der Waals surface area contributed by atoms with E-state index in [0.29, 0.717) is 11.3 Å². The van der Waals surface area contributed by atoms with E-state index in [2.05, 4.69) is 4.74 Å². The van der Waals surface area contributed by atoms with E-state index in [4.69, 9.17) is 16.2 Å². The van der Waals surface area contributed by atoms with Gasteiger partial charge in [0.05, 0.1) is 12.7 Å². The molecule has 1 aromatic rings. The highest BCUT2D eigenvalue weighted by Gasteiger charge is 2.05. The number of nitrogen functional groups attached to an aromatic ring is 1. The van der Waals surface area contributed by atoms with E-state index >= 15 is 0 Å². The van der Waals surface area contributed by atoms with Crippen LogP contribution in [0.5, 0.6) is 5.75 Å². The van der Waals surface area contributed by atoms with Crippen LogP contribution in [0.2, 0.25) is 0 Å². The average molecular weight is 166 g/mol. The van der Waals surface area contributed by atoms with Gasteiger partial charge in [-0.2, -0.15) is 0 Å². The highest BCUT2D eigenvalue weighted by molar-refractivity contribution is 5.97. The van der Waals surface area contributed by atoms with Crippen molar-refractivity contribution in [1.29, 1.82) is 5.41 Å². The van der Waals surface area contributed by atoms with Gasteiger partial charge in [0.1, 0.15) is 5.75 Å². The van der Waals surface area contributed by atoms with Crippen molar-refractivity contribution in [2.75, 3.05) is 12.8 Å². The SMILES string of the molecule is COC(=N)c1cc(O)ccc1N. The number of benzene rings is 1. The highest BCUT2D eigenvalue weighted by Crippen LogP contribution is 2.18. The molecule has 0 radical (unpaired) electrons. The van der Waals surface area contributed by atoms with E-state index < -0.39 is 0 Å². The zero-order chi connectivity index (χ0) is 9.14. The van der Waals surface area contributed by atoms with Gasteiger partial charge in [-0.25, -0.2) is 0 Å². The fraction of sp³-hybridized carbons (Fsp3) is 0.125. The lowest BCUT2D eigenvalue weighted by Gasteiger charge is -2.05. The maximum atomic E-state index is 9.07. The Labute approximate surface area is 70.1 Å². The molecule has 0 unspecified atom stereocenters. The van der Waals surface area contributed by atoms with Crippen LogP contribution >= 0.6 is 0 Å². The first kappa shape index (κ1) is 8.39. The molecule has 4 N–H and O–H groups in total. The molecule has 0 fully saturated rings. The van der Waals surface area contributed by atoms with Gasteiger partial charge in [-0.1, -0.05) is 0 Å². The molecule has 0 amide bonds. The predicted octanol–water partition coefficient (Wildman–Crippen LogP) is 0.946. The van der Waals surface area contributed by atoms with Gasteiger partial charge in [0.25, 0.3) is 0 Å². The number of hydrogen-bond acceptors (Lipinski definition) is 4. The van der Waals surface area contributed by atoms with E-state index in [9.17, 15) is 0 Å². The molecule has 0 saturated carbocycles. The third-order valence-electron chi connectivity index (χ3n) is 1.49. The molecule has 0 heterocycles. The van der Waals surface area contributed by atoms with E-state index in [1.165, 1.54) is 25.3 Å². The summed E-state index contributed by atoms with van der Waals surface area (Å²) in [5, 5.41) is 16.4. The topological polar surface area (TPSA) is 79.3 Å². The molecular formula is C8H10N2O2. The predicted molar refractivity (Wildman–Crippen MR) is 46.4 cm³/mol. The van der Waals surface area contributed by atoms with Crippen LogP contribution < -0.4 is 5.73 Å². The Bertz CT molecular complexity index is 310. The van der Waals surface area contributed by atoms with Crippen LogP contribution in [0, 0.1) is 5.41 Å². The minimum atomic E-state index is -0.0524. The van der Waals surface area contributed by atoms with Crippen molar-refractivity contribution >= 4 is 11.6 Å². The highest BCUT2D eigenvalue weighted by atomic mass is 16.5. The normalized spacial score (nSPS) is 9.42. The number of anilines is 1. The number of methoxy groups -OCH3 is 1. The molecule has 0 spiro atoms. The van der Waals surface area contributed by atoms with Crippen LogP contribution in [0.25, 0.3) is 0 Å². The standard InChI is InChI=1S/C8H10N2O2/c1-12-8(10)6-4-5(11)2-3-7(6)9/h2-4,10-11H,9H2,1H3. The molecule has 0 aliphatic heterocycles. The maximum Gasteiger partial charge on any atom is 0.215 e. The summed E-state index contributed by atoms with van der Waals surface area (Å²) >= 11 is 0. The number of nitrogens with two attached hydrogens (primary N) is 1. The fourth-order valence-corrected chi connectivity index (χ4v) is 0.851. The quantitative estimate of drug-likeness (QED) is 0.251. The summed E-state index contributed by atoms with van der Waals surface area (Å²) in [6.45, 7) is 0. The Morgan fingerprint density at radius 1 is 1.58 bits per heavy atom. The lowest BCUT2D eigenvalue weighted by Crippen LogP contribution is -2.04. The molecule has 4 nitrogen and oxygen atoms in total. The van der Waals surface area contributed by atoms with Crippen LogP contribution in [0.4, 0.5) is 5.69 Å². The Morgan fingerprint density at radius 2 is 2.25 bits per heavy atom. The van der Waals surface area contributed by atoms with Crippen LogP contribution in [-0.4, -0.2) is 18.1 Å². The van der Waals surface area contributed by atoms with Crippen LogP contribution in [-0.2, 0) is 4.74 Å². The summed E-state index contributed by atoms with van der Waals surface area (Å²) in [4.78, 5) is 0.